The van der Waals surface area contributed by atoms with Crippen LogP contribution < -0.4 is 14.8 Å². The van der Waals surface area contributed by atoms with Crippen molar-refractivity contribution in [1.82, 2.24) is 15.1 Å². The summed E-state index contributed by atoms with van der Waals surface area (Å²) >= 11 is 0. The SMILES string of the molecule is COc1ccc2c(c1)CN(C(=O)C1CCCN1)CC1(CCCN(C)CC1)O2. The molecule has 6 nitrogen and oxygen atoms in total. The van der Waals surface area contributed by atoms with Crippen molar-refractivity contribution in [3.05, 3.63) is 23.8 Å². The molecule has 3 aliphatic rings. The summed E-state index contributed by atoms with van der Waals surface area (Å²) in [6.07, 6.45) is 5.01. The van der Waals surface area contributed by atoms with Gasteiger partial charge >= 0.3 is 0 Å². The minimum Gasteiger partial charge on any atom is -0.497 e. The molecule has 27 heavy (non-hydrogen) atoms. The number of nitrogens with zero attached hydrogens (tertiary/aromatic N) is 2. The maximum absolute atomic E-state index is 13.3. The molecule has 2 saturated heterocycles. The Balaban J connectivity index is 1.67. The first-order valence-corrected chi connectivity index (χ1v) is 10.2. The lowest BCUT2D eigenvalue weighted by Crippen LogP contribution is -2.51. The standard InChI is InChI=1S/C21H31N3O3/c1-23-11-4-8-21(9-12-23)15-24(20(25)18-5-3-10-22-18)14-16-13-17(26-2)6-7-19(16)27-21/h6-7,13,18,22H,3-5,8-12,14-15H2,1-2H3. The van der Waals surface area contributed by atoms with Crippen LogP contribution in [0, 0.1) is 0 Å². The van der Waals surface area contributed by atoms with Gasteiger partial charge in [0.25, 0.3) is 0 Å². The maximum atomic E-state index is 13.3. The molecule has 0 saturated carbocycles. The molecule has 0 aromatic heterocycles. The van der Waals surface area contributed by atoms with Crippen molar-refractivity contribution in [1.29, 1.82) is 0 Å². The van der Waals surface area contributed by atoms with Gasteiger partial charge in [0.15, 0.2) is 0 Å². The molecule has 0 radical (unpaired) electrons. The molecule has 6 heteroatoms. The molecule has 3 heterocycles. The highest BCUT2D eigenvalue weighted by Crippen LogP contribution is 2.37. The first-order valence-electron chi connectivity index (χ1n) is 10.2. The lowest BCUT2D eigenvalue weighted by Gasteiger charge is -2.36. The fraction of sp³-hybridized carbons (Fsp3) is 0.667. The number of carbonyl (C=O) groups is 1. The molecule has 1 aromatic rings. The van der Waals surface area contributed by atoms with Gasteiger partial charge in [-0.3, -0.25) is 4.79 Å². The van der Waals surface area contributed by atoms with Gasteiger partial charge in [0.05, 0.1) is 19.7 Å². The monoisotopic (exact) mass is 373 g/mol. The van der Waals surface area contributed by atoms with E-state index in [2.05, 4.69) is 17.3 Å². The van der Waals surface area contributed by atoms with E-state index in [0.717, 1.165) is 68.8 Å². The van der Waals surface area contributed by atoms with Crippen molar-refractivity contribution < 1.29 is 14.3 Å². The van der Waals surface area contributed by atoms with Gasteiger partial charge in [0.2, 0.25) is 5.91 Å². The van der Waals surface area contributed by atoms with Crippen molar-refractivity contribution in [3.8, 4) is 11.5 Å². The van der Waals surface area contributed by atoms with Crippen LogP contribution in [0.5, 0.6) is 11.5 Å². The van der Waals surface area contributed by atoms with Crippen molar-refractivity contribution >= 4 is 5.91 Å². The van der Waals surface area contributed by atoms with E-state index in [9.17, 15) is 4.79 Å². The van der Waals surface area contributed by atoms with Crippen LogP contribution in [0.3, 0.4) is 0 Å². The maximum Gasteiger partial charge on any atom is 0.240 e. The highest BCUT2D eigenvalue weighted by atomic mass is 16.5. The van der Waals surface area contributed by atoms with E-state index < -0.39 is 0 Å². The summed E-state index contributed by atoms with van der Waals surface area (Å²) in [4.78, 5) is 17.7. The first kappa shape index (κ1) is 18.6. The van der Waals surface area contributed by atoms with Gasteiger partial charge in [0, 0.05) is 25.1 Å². The Kier molecular flexibility index (Phi) is 5.28. The minimum absolute atomic E-state index is 0.0531. The van der Waals surface area contributed by atoms with E-state index in [1.54, 1.807) is 7.11 Å². The van der Waals surface area contributed by atoms with E-state index in [4.69, 9.17) is 9.47 Å². The van der Waals surface area contributed by atoms with Crippen LogP contribution in [0.2, 0.25) is 0 Å². The number of ether oxygens (including phenoxy) is 2. The van der Waals surface area contributed by atoms with Gasteiger partial charge in [-0.05, 0) is 64.0 Å². The molecule has 2 atom stereocenters. The Hall–Kier alpha value is -1.79. The lowest BCUT2D eigenvalue weighted by atomic mass is 9.93. The van der Waals surface area contributed by atoms with Crippen molar-refractivity contribution in [2.24, 2.45) is 0 Å². The summed E-state index contributed by atoms with van der Waals surface area (Å²) in [5, 5.41) is 3.37. The molecule has 1 N–H and O–H groups in total. The van der Waals surface area contributed by atoms with Gasteiger partial charge in [-0.2, -0.15) is 0 Å². The summed E-state index contributed by atoms with van der Waals surface area (Å²) in [6.45, 7) is 4.25. The number of fused-ring (bicyclic) bond motifs is 1. The second-order valence-electron chi connectivity index (χ2n) is 8.26. The number of likely N-dealkylation sites (tertiary alicyclic amines) is 1. The molecule has 148 valence electrons. The number of benzene rings is 1. The van der Waals surface area contributed by atoms with Crippen molar-refractivity contribution in [3.63, 3.8) is 0 Å². The third-order valence-corrected chi connectivity index (χ3v) is 6.23. The predicted octanol–water partition coefficient (Wildman–Crippen LogP) is 2.02. The number of methoxy groups -OCH3 is 1. The topological polar surface area (TPSA) is 54.0 Å². The number of hydrogen-bond acceptors (Lipinski definition) is 5. The van der Waals surface area contributed by atoms with Crippen LogP contribution in [0.25, 0.3) is 0 Å². The molecule has 3 aliphatic heterocycles. The normalized spacial score (nSPS) is 29.0. The highest BCUT2D eigenvalue weighted by Gasteiger charge is 2.41. The number of carbonyl (C=O) groups excluding carboxylic acids is 1. The van der Waals surface area contributed by atoms with Crippen molar-refractivity contribution in [2.45, 2.75) is 50.3 Å². The smallest absolute Gasteiger partial charge is 0.240 e. The van der Waals surface area contributed by atoms with Gasteiger partial charge < -0.3 is 24.6 Å². The molecule has 0 bridgehead atoms. The fourth-order valence-corrected chi connectivity index (χ4v) is 4.62. The zero-order valence-electron chi connectivity index (χ0n) is 16.5. The quantitative estimate of drug-likeness (QED) is 0.860. The largest absolute Gasteiger partial charge is 0.497 e. The molecule has 2 fully saturated rings. The summed E-state index contributed by atoms with van der Waals surface area (Å²) in [5.41, 5.74) is 0.731. The molecule has 4 rings (SSSR count). The Labute approximate surface area is 161 Å². The second-order valence-corrected chi connectivity index (χ2v) is 8.26. The summed E-state index contributed by atoms with van der Waals surface area (Å²) in [6, 6.07) is 5.92. The average Bonchev–Trinajstić information content (AvgIpc) is 3.08. The molecule has 1 amide bonds. The third-order valence-electron chi connectivity index (χ3n) is 6.23. The van der Waals surface area contributed by atoms with Gasteiger partial charge in [-0.15, -0.1) is 0 Å². The van der Waals surface area contributed by atoms with Gasteiger partial charge in [0.1, 0.15) is 17.1 Å². The second kappa shape index (κ2) is 7.68. The molecule has 0 aliphatic carbocycles. The first-order chi connectivity index (χ1) is 13.1. The van der Waals surface area contributed by atoms with E-state index in [1.807, 2.05) is 23.1 Å². The van der Waals surface area contributed by atoms with Gasteiger partial charge in [-0.25, -0.2) is 0 Å². The Morgan fingerprint density at radius 2 is 2.19 bits per heavy atom. The van der Waals surface area contributed by atoms with E-state index in [-0.39, 0.29) is 17.6 Å². The zero-order valence-corrected chi connectivity index (χ0v) is 16.5. The highest BCUT2D eigenvalue weighted by molar-refractivity contribution is 5.82. The number of amides is 1. The summed E-state index contributed by atoms with van der Waals surface area (Å²) in [7, 11) is 3.84. The number of rotatable bonds is 2. The Morgan fingerprint density at radius 1 is 1.30 bits per heavy atom. The predicted molar refractivity (Wildman–Crippen MR) is 104 cm³/mol. The van der Waals surface area contributed by atoms with Crippen LogP contribution in [0.1, 0.15) is 37.7 Å². The van der Waals surface area contributed by atoms with Crippen LogP contribution in [0.4, 0.5) is 0 Å². The Morgan fingerprint density at radius 3 is 2.96 bits per heavy atom. The number of nitrogens with one attached hydrogen (secondary N) is 1. The molecular formula is C21H31N3O3. The average molecular weight is 373 g/mol. The minimum atomic E-state index is -0.307. The lowest BCUT2D eigenvalue weighted by molar-refractivity contribution is -0.136. The summed E-state index contributed by atoms with van der Waals surface area (Å²) in [5.74, 6) is 1.92. The fourth-order valence-electron chi connectivity index (χ4n) is 4.62. The van der Waals surface area contributed by atoms with Crippen LogP contribution in [-0.4, -0.2) is 67.7 Å². The Bertz CT molecular complexity index is 689. The van der Waals surface area contributed by atoms with Crippen LogP contribution in [-0.2, 0) is 11.3 Å². The van der Waals surface area contributed by atoms with Gasteiger partial charge in [-0.1, -0.05) is 0 Å². The summed E-state index contributed by atoms with van der Waals surface area (Å²) < 4.78 is 12.1. The van der Waals surface area contributed by atoms with Crippen LogP contribution >= 0.6 is 0 Å². The molecule has 1 spiro atoms. The molecule has 1 aromatic carbocycles. The molecule has 2 unspecified atom stereocenters. The van der Waals surface area contributed by atoms with E-state index in [0.29, 0.717) is 13.1 Å². The van der Waals surface area contributed by atoms with E-state index >= 15 is 0 Å². The van der Waals surface area contributed by atoms with E-state index in [1.165, 1.54) is 0 Å². The number of hydrogen-bond donors (Lipinski definition) is 1. The van der Waals surface area contributed by atoms with Crippen LogP contribution in [0.15, 0.2) is 18.2 Å². The molecular weight excluding hydrogens is 342 g/mol. The van der Waals surface area contributed by atoms with Crippen molar-refractivity contribution in [2.75, 3.05) is 40.3 Å². The third kappa shape index (κ3) is 3.92. The zero-order chi connectivity index (χ0) is 18.9.